The summed E-state index contributed by atoms with van der Waals surface area (Å²) in [5, 5.41) is 3.11. The fourth-order valence-electron chi connectivity index (χ4n) is 4.51. The van der Waals surface area contributed by atoms with Gasteiger partial charge in [-0.2, -0.15) is 4.31 Å². The molecule has 142 valence electrons. The van der Waals surface area contributed by atoms with Crippen LogP contribution in [0.1, 0.15) is 36.0 Å². The maximum absolute atomic E-state index is 12.6. The number of amides is 1. The Bertz CT molecular complexity index is 912. The normalized spacial score (nSPS) is 25.3. The van der Waals surface area contributed by atoms with E-state index in [1.807, 2.05) is 54.6 Å². The number of benzene rings is 2. The SMILES string of the molecule is CS(=O)(=O)N1C2CCC1CC(NC(=O)c1ccc(-c3ccccc3)cc1)C2. The van der Waals surface area contributed by atoms with Gasteiger partial charge < -0.3 is 5.32 Å². The lowest BCUT2D eigenvalue weighted by molar-refractivity contribution is 0.0909. The van der Waals surface area contributed by atoms with E-state index >= 15 is 0 Å². The molecule has 2 aromatic carbocycles. The number of sulfonamides is 1. The number of carbonyl (C=O) groups is 1. The molecule has 2 saturated heterocycles. The second-order valence-electron chi connectivity index (χ2n) is 7.56. The van der Waals surface area contributed by atoms with Crippen LogP contribution in [0.3, 0.4) is 0 Å². The van der Waals surface area contributed by atoms with Crippen LogP contribution in [0.2, 0.25) is 0 Å². The van der Waals surface area contributed by atoms with E-state index in [1.54, 1.807) is 4.31 Å². The quantitative estimate of drug-likeness (QED) is 0.881. The maximum atomic E-state index is 12.6. The van der Waals surface area contributed by atoms with Crippen molar-refractivity contribution in [1.82, 2.24) is 9.62 Å². The molecule has 2 aliphatic heterocycles. The van der Waals surface area contributed by atoms with Gasteiger partial charge in [0.05, 0.1) is 6.26 Å². The monoisotopic (exact) mass is 384 g/mol. The highest BCUT2D eigenvalue weighted by molar-refractivity contribution is 7.88. The van der Waals surface area contributed by atoms with Gasteiger partial charge in [0.25, 0.3) is 5.91 Å². The predicted octanol–water partition coefficient (Wildman–Crippen LogP) is 3.04. The van der Waals surface area contributed by atoms with Gasteiger partial charge >= 0.3 is 0 Å². The van der Waals surface area contributed by atoms with Gasteiger partial charge in [-0.05, 0) is 48.9 Å². The van der Waals surface area contributed by atoms with Gasteiger partial charge in [-0.15, -0.1) is 0 Å². The summed E-state index contributed by atoms with van der Waals surface area (Å²) in [5.41, 5.74) is 2.83. The first-order valence-corrected chi connectivity index (χ1v) is 11.2. The Morgan fingerprint density at radius 2 is 1.48 bits per heavy atom. The number of hydrogen-bond donors (Lipinski definition) is 1. The average molecular weight is 385 g/mol. The summed E-state index contributed by atoms with van der Waals surface area (Å²) < 4.78 is 25.6. The molecule has 2 aliphatic rings. The summed E-state index contributed by atoms with van der Waals surface area (Å²) in [7, 11) is -3.18. The minimum Gasteiger partial charge on any atom is -0.349 e. The highest BCUT2D eigenvalue weighted by Crippen LogP contribution is 2.37. The topological polar surface area (TPSA) is 66.5 Å². The summed E-state index contributed by atoms with van der Waals surface area (Å²) in [5.74, 6) is -0.0909. The molecule has 5 nitrogen and oxygen atoms in total. The van der Waals surface area contributed by atoms with Crippen LogP contribution in [0.25, 0.3) is 11.1 Å². The van der Waals surface area contributed by atoms with Crippen molar-refractivity contribution >= 4 is 15.9 Å². The van der Waals surface area contributed by atoms with Gasteiger partial charge in [-0.25, -0.2) is 8.42 Å². The first-order chi connectivity index (χ1) is 12.9. The maximum Gasteiger partial charge on any atom is 0.251 e. The summed E-state index contributed by atoms with van der Waals surface area (Å²) in [6.07, 6.45) is 4.44. The summed E-state index contributed by atoms with van der Waals surface area (Å²) in [6, 6.07) is 17.7. The zero-order valence-corrected chi connectivity index (χ0v) is 16.2. The number of fused-ring (bicyclic) bond motifs is 2. The minimum atomic E-state index is -3.18. The highest BCUT2D eigenvalue weighted by Gasteiger charge is 2.45. The summed E-state index contributed by atoms with van der Waals surface area (Å²) in [4.78, 5) is 12.6. The van der Waals surface area contributed by atoms with E-state index in [2.05, 4.69) is 5.32 Å². The molecule has 1 amide bonds. The first kappa shape index (κ1) is 18.2. The number of carbonyl (C=O) groups excluding carboxylic acids is 1. The van der Waals surface area contributed by atoms with Crippen molar-refractivity contribution in [3.8, 4) is 11.1 Å². The average Bonchev–Trinajstić information content (AvgIpc) is 2.95. The number of nitrogens with zero attached hydrogens (tertiary/aromatic N) is 1. The number of rotatable bonds is 4. The third-order valence-electron chi connectivity index (χ3n) is 5.64. The highest BCUT2D eigenvalue weighted by atomic mass is 32.2. The molecule has 2 bridgehead atoms. The van der Waals surface area contributed by atoms with E-state index in [1.165, 1.54) is 6.26 Å². The van der Waals surface area contributed by atoms with Gasteiger partial charge in [-0.3, -0.25) is 4.79 Å². The largest absolute Gasteiger partial charge is 0.349 e. The smallest absolute Gasteiger partial charge is 0.251 e. The van der Waals surface area contributed by atoms with Crippen molar-refractivity contribution in [3.63, 3.8) is 0 Å². The molecule has 6 heteroatoms. The number of piperidine rings is 1. The standard InChI is InChI=1S/C21H24N2O3S/c1-27(25,26)23-19-11-12-20(23)14-18(13-19)22-21(24)17-9-7-16(8-10-17)15-5-3-2-4-6-15/h2-10,18-20H,11-14H2,1H3,(H,22,24). The van der Waals surface area contributed by atoms with E-state index in [0.717, 1.165) is 24.0 Å². The Balaban J connectivity index is 1.42. The Labute approximate surface area is 160 Å². The van der Waals surface area contributed by atoms with Crippen molar-refractivity contribution in [2.75, 3.05) is 6.26 Å². The predicted molar refractivity (Wildman–Crippen MR) is 106 cm³/mol. The first-order valence-electron chi connectivity index (χ1n) is 9.36. The molecule has 27 heavy (non-hydrogen) atoms. The molecule has 4 rings (SSSR count). The van der Waals surface area contributed by atoms with E-state index in [0.29, 0.717) is 18.4 Å². The van der Waals surface area contributed by atoms with Gasteiger partial charge in [0, 0.05) is 23.7 Å². The second-order valence-corrected chi connectivity index (χ2v) is 9.45. The van der Waals surface area contributed by atoms with Gasteiger partial charge in [-0.1, -0.05) is 42.5 Å². The summed E-state index contributed by atoms with van der Waals surface area (Å²) >= 11 is 0. The Hall–Kier alpha value is -2.18. The van der Waals surface area contributed by atoms with Crippen LogP contribution in [0.4, 0.5) is 0 Å². The van der Waals surface area contributed by atoms with Crippen molar-refractivity contribution in [1.29, 1.82) is 0 Å². The third kappa shape index (κ3) is 3.77. The Kier molecular flexibility index (Phi) is 4.78. The number of hydrogen-bond acceptors (Lipinski definition) is 3. The van der Waals surface area contributed by atoms with Crippen LogP contribution in [0, 0.1) is 0 Å². The molecule has 2 heterocycles. The third-order valence-corrected chi connectivity index (χ3v) is 7.00. The molecule has 2 atom stereocenters. The van der Waals surface area contributed by atoms with Gasteiger partial charge in [0.2, 0.25) is 10.0 Å². The molecular weight excluding hydrogens is 360 g/mol. The zero-order valence-electron chi connectivity index (χ0n) is 15.3. The summed E-state index contributed by atoms with van der Waals surface area (Å²) in [6.45, 7) is 0. The van der Waals surface area contributed by atoms with Crippen LogP contribution in [-0.4, -0.2) is 43.0 Å². The molecule has 2 aromatic rings. The molecule has 0 saturated carbocycles. The van der Waals surface area contributed by atoms with Crippen LogP contribution in [0.15, 0.2) is 54.6 Å². The van der Waals surface area contributed by atoms with Crippen LogP contribution >= 0.6 is 0 Å². The lowest BCUT2D eigenvalue weighted by Gasteiger charge is -2.37. The molecule has 0 radical (unpaired) electrons. The van der Waals surface area contributed by atoms with Crippen molar-refractivity contribution in [3.05, 3.63) is 60.2 Å². The Morgan fingerprint density at radius 3 is 2.04 bits per heavy atom. The van der Waals surface area contributed by atoms with Crippen LogP contribution < -0.4 is 5.32 Å². The van der Waals surface area contributed by atoms with Gasteiger partial charge in [0.1, 0.15) is 0 Å². The van der Waals surface area contributed by atoms with E-state index in [4.69, 9.17) is 0 Å². The number of nitrogens with one attached hydrogen (secondary N) is 1. The molecule has 0 spiro atoms. The van der Waals surface area contributed by atoms with Crippen LogP contribution in [-0.2, 0) is 10.0 Å². The van der Waals surface area contributed by atoms with E-state index < -0.39 is 10.0 Å². The van der Waals surface area contributed by atoms with Crippen molar-refractivity contribution < 1.29 is 13.2 Å². The fourth-order valence-corrected chi connectivity index (χ4v) is 5.97. The molecular formula is C21H24N2O3S. The molecule has 0 aromatic heterocycles. The zero-order chi connectivity index (χ0) is 19.0. The molecule has 0 aliphatic carbocycles. The lowest BCUT2D eigenvalue weighted by Crippen LogP contribution is -2.52. The Morgan fingerprint density at radius 1 is 0.926 bits per heavy atom. The molecule has 2 unspecified atom stereocenters. The molecule has 2 fully saturated rings. The van der Waals surface area contributed by atoms with Crippen LogP contribution in [0.5, 0.6) is 0 Å². The van der Waals surface area contributed by atoms with Crippen molar-refractivity contribution in [2.45, 2.75) is 43.8 Å². The van der Waals surface area contributed by atoms with E-state index in [9.17, 15) is 13.2 Å². The minimum absolute atomic E-state index is 0.0181. The second kappa shape index (κ2) is 7.09. The fraction of sp³-hybridized carbons (Fsp3) is 0.381. The van der Waals surface area contributed by atoms with E-state index in [-0.39, 0.29) is 24.0 Å². The molecule has 1 N–H and O–H groups in total. The lowest BCUT2D eigenvalue weighted by atomic mass is 9.99. The van der Waals surface area contributed by atoms with Gasteiger partial charge in [0.15, 0.2) is 0 Å². The van der Waals surface area contributed by atoms with Crippen molar-refractivity contribution in [2.24, 2.45) is 0 Å².